The van der Waals surface area contributed by atoms with E-state index in [9.17, 15) is 18.0 Å². The molecule has 0 saturated heterocycles. The summed E-state index contributed by atoms with van der Waals surface area (Å²) in [7, 11) is -2.38. The molecule has 1 aromatic carbocycles. The molecule has 0 aliphatic rings. The van der Waals surface area contributed by atoms with Gasteiger partial charge in [-0.15, -0.1) is 0 Å². The second-order valence-corrected chi connectivity index (χ2v) is 7.30. The average Bonchev–Trinajstić information content (AvgIpc) is 2.38. The van der Waals surface area contributed by atoms with E-state index in [4.69, 9.17) is 0 Å². The Labute approximate surface area is 126 Å². The molecule has 0 spiro atoms. The monoisotopic (exact) mass is 362 g/mol. The molecule has 1 aromatic rings. The van der Waals surface area contributed by atoms with Crippen molar-refractivity contribution in [1.29, 1.82) is 0 Å². The van der Waals surface area contributed by atoms with E-state index in [-0.39, 0.29) is 24.4 Å². The Hall–Kier alpha value is -1.21. The zero-order valence-corrected chi connectivity index (χ0v) is 13.4. The summed E-state index contributed by atoms with van der Waals surface area (Å²) in [6.07, 6.45) is 0.316. The van der Waals surface area contributed by atoms with Crippen LogP contribution in [-0.4, -0.2) is 38.8 Å². The number of halogens is 1. The molecule has 0 unspecified atom stereocenters. The van der Waals surface area contributed by atoms with E-state index in [1.165, 1.54) is 0 Å². The van der Waals surface area contributed by atoms with Gasteiger partial charge >= 0.3 is 5.97 Å². The molecular weight excluding hydrogens is 348 g/mol. The lowest BCUT2D eigenvalue weighted by Crippen LogP contribution is -2.20. The van der Waals surface area contributed by atoms with Crippen LogP contribution in [0, 0.1) is 0 Å². The SMILES string of the molecule is COC(=O)CS(=O)(=O)CCCC(=O)c1ccc(Br)cc1. The molecule has 0 saturated carbocycles. The molecule has 0 heterocycles. The number of hydrogen-bond acceptors (Lipinski definition) is 5. The second kappa shape index (κ2) is 7.54. The minimum absolute atomic E-state index is 0.120. The molecular formula is C13H15BrO5S. The number of hydrogen-bond donors (Lipinski definition) is 0. The van der Waals surface area contributed by atoms with Gasteiger partial charge in [0.1, 0.15) is 5.75 Å². The first-order valence-corrected chi connectivity index (χ1v) is 8.51. The van der Waals surface area contributed by atoms with Crippen LogP contribution in [-0.2, 0) is 19.4 Å². The third-order valence-corrected chi connectivity index (χ3v) is 4.71. The molecule has 0 radical (unpaired) electrons. The van der Waals surface area contributed by atoms with Crippen molar-refractivity contribution in [1.82, 2.24) is 0 Å². The normalized spacial score (nSPS) is 11.1. The Balaban J connectivity index is 2.46. The van der Waals surface area contributed by atoms with Crippen LogP contribution in [0.15, 0.2) is 28.7 Å². The van der Waals surface area contributed by atoms with Crippen molar-refractivity contribution in [2.45, 2.75) is 12.8 Å². The van der Waals surface area contributed by atoms with Crippen LogP contribution in [0.3, 0.4) is 0 Å². The second-order valence-electron chi connectivity index (χ2n) is 4.20. The highest BCUT2D eigenvalue weighted by molar-refractivity contribution is 9.10. The van der Waals surface area contributed by atoms with Gasteiger partial charge in [0.15, 0.2) is 15.6 Å². The average molecular weight is 363 g/mol. The Morgan fingerprint density at radius 2 is 1.80 bits per heavy atom. The maximum Gasteiger partial charge on any atom is 0.320 e. The summed E-state index contributed by atoms with van der Waals surface area (Å²) >= 11 is 3.27. The largest absolute Gasteiger partial charge is 0.468 e. The summed E-state index contributed by atoms with van der Waals surface area (Å²) < 4.78 is 28.3. The van der Waals surface area contributed by atoms with Gasteiger partial charge in [-0.05, 0) is 18.6 Å². The fourth-order valence-electron chi connectivity index (χ4n) is 1.54. The van der Waals surface area contributed by atoms with Crippen molar-refractivity contribution in [3.05, 3.63) is 34.3 Å². The number of carbonyl (C=O) groups excluding carboxylic acids is 2. The molecule has 1 rings (SSSR count). The number of ether oxygens (including phenoxy) is 1. The third-order valence-electron chi connectivity index (χ3n) is 2.59. The van der Waals surface area contributed by atoms with Crippen LogP contribution in [0.25, 0.3) is 0 Å². The molecule has 20 heavy (non-hydrogen) atoms. The summed E-state index contributed by atoms with van der Waals surface area (Å²) in [5.41, 5.74) is 0.540. The minimum Gasteiger partial charge on any atom is -0.468 e. The zero-order valence-electron chi connectivity index (χ0n) is 11.0. The highest BCUT2D eigenvalue weighted by atomic mass is 79.9. The molecule has 0 amide bonds. The summed E-state index contributed by atoms with van der Waals surface area (Å²) in [6, 6.07) is 6.85. The maximum absolute atomic E-state index is 11.8. The molecule has 0 aliphatic carbocycles. The number of carbonyl (C=O) groups is 2. The summed E-state index contributed by atoms with van der Waals surface area (Å²) in [5.74, 6) is -1.75. The van der Waals surface area contributed by atoms with E-state index >= 15 is 0 Å². The first kappa shape index (κ1) is 16.8. The molecule has 0 N–H and O–H groups in total. The van der Waals surface area contributed by atoms with E-state index in [2.05, 4.69) is 20.7 Å². The van der Waals surface area contributed by atoms with Gasteiger partial charge in [-0.2, -0.15) is 0 Å². The van der Waals surface area contributed by atoms with Gasteiger partial charge in [0, 0.05) is 16.5 Å². The van der Waals surface area contributed by atoms with Gasteiger partial charge in [0.2, 0.25) is 0 Å². The molecule has 7 heteroatoms. The topological polar surface area (TPSA) is 77.5 Å². The summed E-state index contributed by atoms with van der Waals surface area (Å²) in [4.78, 5) is 22.7. The Bertz CT molecular complexity index is 577. The third kappa shape index (κ3) is 5.83. The van der Waals surface area contributed by atoms with E-state index in [0.29, 0.717) is 5.56 Å². The highest BCUT2D eigenvalue weighted by Crippen LogP contribution is 2.13. The van der Waals surface area contributed by atoms with Gasteiger partial charge in [0.25, 0.3) is 0 Å². The minimum atomic E-state index is -3.51. The number of ketones is 1. The lowest BCUT2D eigenvalue weighted by Gasteiger charge is -2.03. The van der Waals surface area contributed by atoms with Crippen molar-refractivity contribution >= 4 is 37.5 Å². The van der Waals surface area contributed by atoms with Gasteiger partial charge in [0.05, 0.1) is 12.9 Å². The van der Waals surface area contributed by atoms with Crippen LogP contribution in [0.5, 0.6) is 0 Å². The Morgan fingerprint density at radius 1 is 1.20 bits per heavy atom. The molecule has 5 nitrogen and oxygen atoms in total. The fourth-order valence-corrected chi connectivity index (χ4v) is 3.01. The smallest absolute Gasteiger partial charge is 0.320 e. The number of esters is 1. The molecule has 0 atom stereocenters. The number of Topliss-reactive ketones (excluding diaryl/α,β-unsaturated/α-hetero) is 1. The Kier molecular flexibility index (Phi) is 6.35. The van der Waals surface area contributed by atoms with Crippen molar-refractivity contribution in [3.8, 4) is 0 Å². The lowest BCUT2D eigenvalue weighted by atomic mass is 10.1. The van der Waals surface area contributed by atoms with Crippen molar-refractivity contribution in [2.75, 3.05) is 18.6 Å². The van der Waals surface area contributed by atoms with E-state index in [1.807, 2.05) is 0 Å². The molecule has 0 fully saturated rings. The van der Waals surface area contributed by atoms with Gasteiger partial charge in [-0.25, -0.2) is 8.42 Å². The number of sulfone groups is 1. The zero-order chi connectivity index (χ0) is 15.2. The quantitative estimate of drug-likeness (QED) is 0.547. The highest BCUT2D eigenvalue weighted by Gasteiger charge is 2.17. The van der Waals surface area contributed by atoms with Gasteiger partial charge in [-0.1, -0.05) is 28.1 Å². The molecule has 0 aromatic heterocycles. The van der Waals surface area contributed by atoms with Gasteiger partial charge < -0.3 is 4.74 Å². The summed E-state index contributed by atoms with van der Waals surface area (Å²) in [5, 5.41) is 0. The first-order valence-electron chi connectivity index (χ1n) is 5.90. The van der Waals surface area contributed by atoms with Crippen LogP contribution in [0.1, 0.15) is 23.2 Å². The predicted molar refractivity (Wildman–Crippen MR) is 78.4 cm³/mol. The van der Waals surface area contributed by atoms with Crippen LogP contribution >= 0.6 is 15.9 Å². The summed E-state index contributed by atoms with van der Waals surface area (Å²) in [6.45, 7) is 0. The molecule has 0 bridgehead atoms. The van der Waals surface area contributed by atoms with Crippen LogP contribution < -0.4 is 0 Å². The number of rotatable bonds is 7. The predicted octanol–water partition coefficient (Wildman–Crippen LogP) is 2.00. The number of methoxy groups -OCH3 is 1. The molecule has 0 aliphatic heterocycles. The van der Waals surface area contributed by atoms with Crippen molar-refractivity contribution in [2.24, 2.45) is 0 Å². The Morgan fingerprint density at radius 3 is 2.35 bits per heavy atom. The standard InChI is InChI=1S/C13H15BrO5S/c1-19-13(16)9-20(17,18)8-2-3-12(15)10-4-6-11(14)7-5-10/h4-7H,2-3,8-9H2,1H3. The van der Waals surface area contributed by atoms with Gasteiger partial charge in [-0.3, -0.25) is 9.59 Å². The van der Waals surface area contributed by atoms with Crippen molar-refractivity contribution in [3.63, 3.8) is 0 Å². The number of benzene rings is 1. The van der Waals surface area contributed by atoms with Crippen LogP contribution in [0.4, 0.5) is 0 Å². The van der Waals surface area contributed by atoms with E-state index in [0.717, 1.165) is 11.6 Å². The molecule has 110 valence electrons. The fraction of sp³-hybridized carbons (Fsp3) is 0.385. The lowest BCUT2D eigenvalue weighted by molar-refractivity contribution is -0.137. The van der Waals surface area contributed by atoms with E-state index < -0.39 is 21.6 Å². The first-order chi connectivity index (χ1) is 9.34. The maximum atomic E-state index is 11.8. The van der Waals surface area contributed by atoms with Crippen molar-refractivity contribution < 1.29 is 22.7 Å². The van der Waals surface area contributed by atoms with E-state index in [1.54, 1.807) is 24.3 Å². The van der Waals surface area contributed by atoms with Crippen LogP contribution in [0.2, 0.25) is 0 Å².